The topological polar surface area (TPSA) is 69.4 Å². The summed E-state index contributed by atoms with van der Waals surface area (Å²) in [6.45, 7) is 1.85. The van der Waals surface area contributed by atoms with Gasteiger partial charge in [-0.25, -0.2) is 4.98 Å². The van der Waals surface area contributed by atoms with Crippen LogP contribution in [0.1, 0.15) is 5.69 Å². The van der Waals surface area contributed by atoms with Crippen LogP contribution in [0.4, 0.5) is 17.2 Å². The zero-order valence-electron chi connectivity index (χ0n) is 11.5. The molecule has 0 bridgehead atoms. The lowest BCUT2D eigenvalue weighted by Crippen LogP contribution is -2.00. The Bertz CT molecular complexity index is 632. The highest BCUT2D eigenvalue weighted by molar-refractivity contribution is 6.32. The first-order valence-electron chi connectivity index (χ1n) is 5.96. The second kappa shape index (κ2) is 5.88. The van der Waals surface area contributed by atoms with Crippen molar-refractivity contribution in [3.05, 3.63) is 35.0 Å². The summed E-state index contributed by atoms with van der Waals surface area (Å²) in [5.74, 6) is 1.83. The number of benzene rings is 1. The molecule has 0 radical (unpaired) electrons. The number of ether oxygens (including phenoxy) is 2. The molecule has 1 heterocycles. The average Bonchev–Trinajstić information content (AvgIpc) is 2.44. The van der Waals surface area contributed by atoms with E-state index in [1.165, 1.54) is 0 Å². The molecule has 2 rings (SSSR count). The van der Waals surface area contributed by atoms with Crippen molar-refractivity contribution in [1.82, 2.24) is 4.98 Å². The molecule has 0 aliphatic rings. The van der Waals surface area contributed by atoms with Gasteiger partial charge in [0, 0.05) is 12.1 Å². The number of hydrogen-bond acceptors (Lipinski definition) is 5. The number of hydrogen-bond donors (Lipinski definition) is 2. The zero-order chi connectivity index (χ0) is 14.7. The van der Waals surface area contributed by atoms with Crippen molar-refractivity contribution < 1.29 is 9.47 Å². The maximum absolute atomic E-state index is 6.06. The molecule has 0 unspecified atom stereocenters. The first kappa shape index (κ1) is 14.3. The van der Waals surface area contributed by atoms with E-state index in [0.717, 1.165) is 5.69 Å². The summed E-state index contributed by atoms with van der Waals surface area (Å²) < 4.78 is 10.5. The van der Waals surface area contributed by atoms with E-state index in [0.29, 0.717) is 33.7 Å². The van der Waals surface area contributed by atoms with Crippen molar-refractivity contribution in [3.8, 4) is 11.5 Å². The molecule has 0 saturated heterocycles. The molecule has 0 spiro atoms. The number of aryl methyl sites for hydroxylation is 1. The standard InChI is InChI=1S/C14H16ClN3O2/c1-8-10(16)4-5-14(17-8)18-11-7-12(19-2)9(15)6-13(11)20-3/h4-7H,16H2,1-3H3,(H,17,18). The van der Waals surface area contributed by atoms with Gasteiger partial charge in [0.05, 0.1) is 36.3 Å². The Labute approximate surface area is 122 Å². The van der Waals surface area contributed by atoms with E-state index in [1.54, 1.807) is 38.5 Å². The molecule has 0 saturated carbocycles. The zero-order valence-corrected chi connectivity index (χ0v) is 12.3. The minimum Gasteiger partial charge on any atom is -0.495 e. The van der Waals surface area contributed by atoms with E-state index in [9.17, 15) is 0 Å². The van der Waals surface area contributed by atoms with E-state index >= 15 is 0 Å². The summed E-state index contributed by atoms with van der Waals surface area (Å²) >= 11 is 6.06. The summed E-state index contributed by atoms with van der Waals surface area (Å²) in [6, 6.07) is 7.04. The monoisotopic (exact) mass is 293 g/mol. The number of nitrogen functional groups attached to an aromatic ring is 1. The summed E-state index contributed by atoms with van der Waals surface area (Å²) in [7, 11) is 3.13. The molecule has 0 aliphatic heterocycles. The Morgan fingerprint density at radius 1 is 1.15 bits per heavy atom. The average molecular weight is 294 g/mol. The molecule has 5 nitrogen and oxygen atoms in total. The predicted molar refractivity (Wildman–Crippen MR) is 81.2 cm³/mol. The van der Waals surface area contributed by atoms with Crippen molar-refractivity contribution in [1.29, 1.82) is 0 Å². The van der Waals surface area contributed by atoms with Crippen LogP contribution in [-0.4, -0.2) is 19.2 Å². The van der Waals surface area contributed by atoms with Crippen molar-refractivity contribution in [2.24, 2.45) is 0 Å². The highest BCUT2D eigenvalue weighted by Crippen LogP contribution is 2.37. The van der Waals surface area contributed by atoms with E-state index in [4.69, 9.17) is 26.8 Å². The molecule has 6 heteroatoms. The van der Waals surface area contributed by atoms with Crippen LogP contribution in [0.5, 0.6) is 11.5 Å². The number of aromatic nitrogens is 1. The molecule has 0 aliphatic carbocycles. The summed E-state index contributed by atoms with van der Waals surface area (Å²) in [5, 5.41) is 3.65. The Morgan fingerprint density at radius 3 is 2.45 bits per heavy atom. The molecule has 0 atom stereocenters. The number of nitrogens with one attached hydrogen (secondary N) is 1. The number of nitrogens with two attached hydrogens (primary N) is 1. The highest BCUT2D eigenvalue weighted by atomic mass is 35.5. The van der Waals surface area contributed by atoms with Crippen LogP contribution in [0.25, 0.3) is 0 Å². The van der Waals surface area contributed by atoms with E-state index in [2.05, 4.69) is 10.3 Å². The molecular formula is C14H16ClN3O2. The van der Waals surface area contributed by atoms with Gasteiger partial charge in [0.2, 0.25) is 0 Å². The SMILES string of the molecule is COc1cc(Nc2ccc(N)c(C)n2)c(OC)cc1Cl. The van der Waals surface area contributed by atoms with Crippen molar-refractivity contribution in [3.63, 3.8) is 0 Å². The molecule has 106 valence electrons. The largest absolute Gasteiger partial charge is 0.495 e. The maximum atomic E-state index is 6.06. The number of anilines is 3. The minimum atomic E-state index is 0.483. The Hall–Kier alpha value is -2.14. The third-order valence-corrected chi connectivity index (χ3v) is 3.16. The number of pyridine rings is 1. The minimum absolute atomic E-state index is 0.483. The van der Waals surface area contributed by atoms with Crippen LogP contribution in [0.3, 0.4) is 0 Å². The summed E-state index contributed by atoms with van der Waals surface area (Å²) in [5.41, 5.74) is 7.87. The third kappa shape index (κ3) is 2.88. The van der Waals surface area contributed by atoms with E-state index in [-0.39, 0.29) is 0 Å². The fourth-order valence-corrected chi connectivity index (χ4v) is 1.97. The van der Waals surface area contributed by atoms with Gasteiger partial charge in [-0.2, -0.15) is 0 Å². The fourth-order valence-electron chi connectivity index (χ4n) is 1.74. The fraction of sp³-hybridized carbons (Fsp3) is 0.214. The Morgan fingerprint density at radius 2 is 1.85 bits per heavy atom. The van der Waals surface area contributed by atoms with Crippen LogP contribution < -0.4 is 20.5 Å². The van der Waals surface area contributed by atoms with Crippen molar-refractivity contribution >= 4 is 28.8 Å². The predicted octanol–water partition coefficient (Wildman–Crippen LogP) is 3.39. The van der Waals surface area contributed by atoms with E-state index in [1.807, 2.05) is 6.92 Å². The number of nitrogens with zero attached hydrogens (tertiary/aromatic N) is 1. The van der Waals surface area contributed by atoms with Crippen LogP contribution >= 0.6 is 11.6 Å². The van der Waals surface area contributed by atoms with Gasteiger partial charge in [0.1, 0.15) is 17.3 Å². The van der Waals surface area contributed by atoms with Gasteiger partial charge in [-0.05, 0) is 19.1 Å². The van der Waals surface area contributed by atoms with Gasteiger partial charge in [-0.15, -0.1) is 0 Å². The van der Waals surface area contributed by atoms with Crippen LogP contribution in [0.15, 0.2) is 24.3 Å². The molecule has 1 aromatic heterocycles. The van der Waals surface area contributed by atoms with Crippen LogP contribution in [0.2, 0.25) is 5.02 Å². The highest BCUT2D eigenvalue weighted by Gasteiger charge is 2.11. The third-order valence-electron chi connectivity index (χ3n) is 2.86. The first-order chi connectivity index (χ1) is 9.55. The van der Waals surface area contributed by atoms with Crippen molar-refractivity contribution in [2.45, 2.75) is 6.92 Å². The molecule has 2 aromatic rings. The number of halogens is 1. The second-order valence-corrected chi connectivity index (χ2v) is 4.59. The number of methoxy groups -OCH3 is 2. The molecule has 0 fully saturated rings. The lowest BCUT2D eigenvalue weighted by molar-refractivity contribution is 0.405. The van der Waals surface area contributed by atoms with Gasteiger partial charge in [-0.3, -0.25) is 0 Å². The molecule has 0 amide bonds. The van der Waals surface area contributed by atoms with Gasteiger partial charge < -0.3 is 20.5 Å². The van der Waals surface area contributed by atoms with Gasteiger partial charge in [0.15, 0.2) is 0 Å². The lowest BCUT2D eigenvalue weighted by Gasteiger charge is -2.14. The van der Waals surface area contributed by atoms with E-state index < -0.39 is 0 Å². The summed E-state index contributed by atoms with van der Waals surface area (Å²) in [6.07, 6.45) is 0. The van der Waals surface area contributed by atoms with Gasteiger partial charge in [-0.1, -0.05) is 11.6 Å². The van der Waals surface area contributed by atoms with Crippen molar-refractivity contribution in [2.75, 3.05) is 25.3 Å². The second-order valence-electron chi connectivity index (χ2n) is 4.18. The Kier molecular flexibility index (Phi) is 4.20. The van der Waals surface area contributed by atoms with Gasteiger partial charge >= 0.3 is 0 Å². The first-order valence-corrected chi connectivity index (χ1v) is 6.34. The number of rotatable bonds is 4. The smallest absolute Gasteiger partial charge is 0.144 e. The van der Waals surface area contributed by atoms with Crippen LogP contribution in [0, 0.1) is 6.92 Å². The molecule has 1 aromatic carbocycles. The molecule has 3 N–H and O–H groups in total. The summed E-state index contributed by atoms with van der Waals surface area (Å²) in [4.78, 5) is 4.36. The maximum Gasteiger partial charge on any atom is 0.144 e. The quantitative estimate of drug-likeness (QED) is 0.904. The lowest BCUT2D eigenvalue weighted by atomic mass is 10.2. The normalized spacial score (nSPS) is 10.2. The van der Waals surface area contributed by atoms with Gasteiger partial charge in [0.25, 0.3) is 0 Å². The van der Waals surface area contributed by atoms with Crippen LogP contribution in [-0.2, 0) is 0 Å². The molecular weight excluding hydrogens is 278 g/mol. The Balaban J connectivity index is 2.38. The molecule has 20 heavy (non-hydrogen) atoms.